The van der Waals surface area contributed by atoms with E-state index < -0.39 is 11.8 Å². The zero-order valence-electron chi connectivity index (χ0n) is 16.4. The first kappa shape index (κ1) is 29.9. The normalized spacial score (nSPS) is 9.81. The van der Waals surface area contributed by atoms with Gasteiger partial charge in [0.05, 0.1) is 11.8 Å². The second-order valence-electron chi connectivity index (χ2n) is 5.73. The first-order chi connectivity index (χ1) is 11.6. The Morgan fingerprint density at radius 2 is 1.62 bits per heavy atom. The van der Waals surface area contributed by atoms with Gasteiger partial charge in [0.2, 0.25) is 0 Å². The van der Waals surface area contributed by atoms with E-state index in [1.165, 1.54) is 0 Å². The van der Waals surface area contributed by atoms with Crippen LogP contribution in [0, 0.1) is 5.92 Å². The molecule has 134 valence electrons. The molecule has 0 spiro atoms. The summed E-state index contributed by atoms with van der Waals surface area (Å²) >= 11 is 0. The largest absolute Gasteiger partial charge is 1.00 e. The van der Waals surface area contributed by atoms with Gasteiger partial charge >= 0.3 is 116 Å². The molecular weight excluding hydrogens is 479 g/mol. The van der Waals surface area contributed by atoms with E-state index in [0.717, 1.165) is 13.0 Å². The molecule has 2 amide bonds. The summed E-state index contributed by atoms with van der Waals surface area (Å²) < 4.78 is 10.8. The number of hydrogen-bond donors (Lipinski definition) is 0. The van der Waals surface area contributed by atoms with Crippen LogP contribution >= 0.6 is 0 Å². The summed E-state index contributed by atoms with van der Waals surface area (Å²) in [5, 5.41) is 7.62. The molecule has 6 nitrogen and oxygen atoms in total. The Hall–Kier alpha value is 1.69. The fourth-order valence-corrected chi connectivity index (χ4v) is 1.79. The fraction of sp³-hybridized carbons (Fsp3) is 0.556. The van der Waals surface area contributed by atoms with Crippen molar-refractivity contribution in [1.82, 2.24) is 0 Å². The topological polar surface area (TPSA) is 80.8 Å². The van der Waals surface area contributed by atoms with E-state index in [0.29, 0.717) is 31.4 Å². The number of carbonyl (C=O) groups excluding carboxylic acids is 2. The van der Waals surface area contributed by atoms with Crippen molar-refractivity contribution in [2.24, 2.45) is 5.92 Å². The van der Waals surface area contributed by atoms with Crippen LogP contribution in [0.4, 0.5) is 5.69 Å². The summed E-state index contributed by atoms with van der Waals surface area (Å²) in [5.41, 5.74) is 0.540. The van der Waals surface area contributed by atoms with Crippen LogP contribution in [0.1, 0.15) is 26.7 Å². The molecule has 0 aromatic heterocycles. The molecule has 0 aliphatic carbocycles. The van der Waals surface area contributed by atoms with Crippen LogP contribution < -0.4 is 116 Å². The Morgan fingerprint density at radius 3 is 2.27 bits per heavy atom. The van der Waals surface area contributed by atoms with Crippen LogP contribution in [-0.2, 0) is 19.1 Å². The molecule has 0 aliphatic heterocycles. The molecule has 1 rings (SSSR count). The molecule has 0 aliphatic rings. The van der Waals surface area contributed by atoms with Gasteiger partial charge in [-0.15, -0.1) is 12.2 Å². The van der Waals surface area contributed by atoms with E-state index in [1.54, 1.807) is 24.3 Å². The second-order valence-corrected chi connectivity index (χ2v) is 5.73. The number of nitrogens with zero attached hydrogens (tertiary/aromatic N) is 2. The Morgan fingerprint density at radius 1 is 0.962 bits per heavy atom. The number of hydrogen-bond acceptors (Lipinski definition) is 4. The molecule has 1 aromatic carbocycles. The molecule has 0 atom stereocenters. The molecule has 0 fully saturated rings. The standard InChI is InChI=1S/C18H28N2O4.2Rb/c1-15(2)14-24-11-6-10-23-12-9-19-17(21)13-18(22)20-16-7-4-3-5-8-16;;/h3-5,7-8,15H,6,9-14H2,1-2H3,(H2,19,20,21,22);;/q;2*+1/p-2. The minimum absolute atomic E-state index is 0. The second kappa shape index (κ2) is 20.0. The smallest absolute Gasteiger partial charge is 0.651 e. The molecule has 0 radical (unpaired) electrons. The fourth-order valence-electron chi connectivity index (χ4n) is 1.79. The van der Waals surface area contributed by atoms with Gasteiger partial charge < -0.3 is 29.7 Å². The number of benzene rings is 1. The molecule has 8 heteroatoms. The van der Waals surface area contributed by atoms with Crippen molar-refractivity contribution in [3.8, 4) is 0 Å². The predicted octanol–water partition coefficient (Wildman–Crippen LogP) is -2.40. The molecule has 0 heterocycles. The van der Waals surface area contributed by atoms with Crippen LogP contribution in [0.2, 0.25) is 0 Å². The molecular formula is C18H26N2O4Rb2. The van der Waals surface area contributed by atoms with Gasteiger partial charge in [-0.3, -0.25) is 0 Å². The monoisotopic (exact) mass is 504 g/mol. The van der Waals surface area contributed by atoms with Gasteiger partial charge in [0, 0.05) is 32.8 Å². The molecule has 26 heavy (non-hydrogen) atoms. The van der Waals surface area contributed by atoms with Crippen molar-refractivity contribution in [1.29, 1.82) is 0 Å². The van der Waals surface area contributed by atoms with Gasteiger partial charge in [-0.1, -0.05) is 44.2 Å². The van der Waals surface area contributed by atoms with Gasteiger partial charge in [0.25, 0.3) is 0 Å². The predicted molar refractivity (Wildman–Crippen MR) is 93.4 cm³/mol. The van der Waals surface area contributed by atoms with Crippen molar-refractivity contribution in [3.63, 3.8) is 0 Å². The first-order valence-electron chi connectivity index (χ1n) is 8.23. The Kier molecular flexibility index (Phi) is 23.0. The molecule has 0 saturated carbocycles. The van der Waals surface area contributed by atoms with Crippen LogP contribution in [-0.4, -0.2) is 44.8 Å². The van der Waals surface area contributed by atoms with Crippen molar-refractivity contribution in [3.05, 3.63) is 41.0 Å². The van der Waals surface area contributed by atoms with Crippen molar-refractivity contribution < 1.29 is 135 Å². The first-order valence-corrected chi connectivity index (χ1v) is 8.23. The summed E-state index contributed by atoms with van der Waals surface area (Å²) in [7, 11) is 0. The zero-order valence-corrected chi connectivity index (χ0v) is 26.3. The third-order valence-corrected chi connectivity index (χ3v) is 2.86. The van der Waals surface area contributed by atoms with Crippen LogP contribution in [0.25, 0.3) is 10.6 Å². The maximum atomic E-state index is 11.6. The van der Waals surface area contributed by atoms with Crippen molar-refractivity contribution in [2.45, 2.75) is 26.7 Å². The van der Waals surface area contributed by atoms with Gasteiger partial charge in [-0.25, -0.2) is 0 Å². The van der Waals surface area contributed by atoms with Gasteiger partial charge in [0.15, 0.2) is 0 Å². The van der Waals surface area contributed by atoms with Gasteiger partial charge in [-0.05, 0) is 12.3 Å². The molecule has 1 aromatic rings. The van der Waals surface area contributed by atoms with Gasteiger partial charge in [0.1, 0.15) is 0 Å². The molecule has 0 bridgehead atoms. The summed E-state index contributed by atoms with van der Waals surface area (Å²) in [6.45, 7) is 6.82. The quantitative estimate of drug-likeness (QED) is 0.234. The minimum Gasteiger partial charge on any atom is -0.651 e. The van der Waals surface area contributed by atoms with E-state index >= 15 is 0 Å². The van der Waals surface area contributed by atoms with Crippen molar-refractivity contribution >= 4 is 17.5 Å². The number of amides is 2. The maximum Gasteiger partial charge on any atom is 1.00 e. The van der Waals surface area contributed by atoms with Crippen LogP contribution in [0.15, 0.2) is 30.3 Å². The van der Waals surface area contributed by atoms with E-state index in [4.69, 9.17) is 9.47 Å². The number of carbonyl (C=O) groups is 2. The summed E-state index contributed by atoms with van der Waals surface area (Å²) in [4.78, 5) is 23.2. The van der Waals surface area contributed by atoms with Crippen LogP contribution in [0.5, 0.6) is 0 Å². The molecule has 0 N–H and O–H groups in total. The third kappa shape index (κ3) is 17.8. The summed E-state index contributed by atoms with van der Waals surface area (Å²) in [6.07, 6.45) is 0.507. The van der Waals surface area contributed by atoms with E-state index in [1.807, 2.05) is 6.07 Å². The molecule has 0 unspecified atom stereocenters. The number of para-hydroxylation sites is 1. The van der Waals surface area contributed by atoms with Crippen molar-refractivity contribution in [2.75, 3.05) is 33.0 Å². The Bertz CT molecular complexity index is 487. The van der Waals surface area contributed by atoms with E-state index in [-0.39, 0.29) is 129 Å². The minimum atomic E-state index is -0.488. The van der Waals surface area contributed by atoms with E-state index in [9.17, 15) is 9.59 Å². The molecule has 0 saturated heterocycles. The average molecular weight is 505 g/mol. The van der Waals surface area contributed by atoms with Gasteiger partial charge in [-0.2, -0.15) is 0 Å². The van der Waals surface area contributed by atoms with E-state index in [2.05, 4.69) is 24.5 Å². The Labute approximate surface area is 254 Å². The third-order valence-electron chi connectivity index (χ3n) is 2.86. The summed E-state index contributed by atoms with van der Waals surface area (Å²) in [6, 6.07) is 8.81. The average Bonchev–Trinajstić information content (AvgIpc) is 2.53. The van der Waals surface area contributed by atoms with Crippen LogP contribution in [0.3, 0.4) is 0 Å². The number of ether oxygens (including phenoxy) is 2. The maximum absolute atomic E-state index is 11.6. The zero-order chi connectivity index (χ0) is 17.6. The SMILES string of the molecule is CC(C)COCCCOCC[N-]C(=O)CC(=O)[N-]c1ccccc1.[Rb+].[Rb+]. The number of rotatable bonds is 12. The Balaban J connectivity index is 0. The summed E-state index contributed by atoms with van der Waals surface area (Å²) in [5.74, 6) is -0.422.